The van der Waals surface area contributed by atoms with Gasteiger partial charge in [0.1, 0.15) is 5.82 Å². The molecule has 0 fully saturated rings. The van der Waals surface area contributed by atoms with Crippen LogP contribution in [0.5, 0.6) is 0 Å². The van der Waals surface area contributed by atoms with Crippen molar-refractivity contribution in [3.63, 3.8) is 0 Å². The molecule has 0 amide bonds. The molecule has 0 saturated heterocycles. The van der Waals surface area contributed by atoms with E-state index in [1.165, 1.54) is 18.2 Å². The van der Waals surface area contributed by atoms with Gasteiger partial charge in [-0.2, -0.15) is 0 Å². The summed E-state index contributed by atoms with van der Waals surface area (Å²) in [4.78, 5) is 4.59. The highest BCUT2D eigenvalue weighted by molar-refractivity contribution is 5.56. The summed E-state index contributed by atoms with van der Waals surface area (Å²) in [6, 6.07) is 4.27. The van der Waals surface area contributed by atoms with Gasteiger partial charge in [0.15, 0.2) is 0 Å². The molecule has 4 nitrogen and oxygen atoms in total. The van der Waals surface area contributed by atoms with E-state index in [1.807, 2.05) is 0 Å². The first-order valence-corrected chi connectivity index (χ1v) is 5.79. The number of pyridine rings is 1. The molecule has 0 spiro atoms. The van der Waals surface area contributed by atoms with Crippen LogP contribution in [0.3, 0.4) is 0 Å². The molecule has 2 N–H and O–H groups in total. The monoisotopic (exact) mass is 219 g/mol. The molecule has 0 radical (unpaired) electrons. The molecule has 1 aliphatic heterocycles. The first kappa shape index (κ1) is 10.9. The van der Waals surface area contributed by atoms with Gasteiger partial charge in [-0.05, 0) is 43.7 Å². The Hall–Kier alpha value is -1.58. The van der Waals surface area contributed by atoms with E-state index < -0.39 is 0 Å². The number of aromatic nitrogens is 1. The molecule has 0 bridgehead atoms. The highest BCUT2D eigenvalue weighted by Gasteiger charge is 2.09. The zero-order chi connectivity index (χ0) is 11.2. The van der Waals surface area contributed by atoms with Gasteiger partial charge >= 0.3 is 0 Å². The van der Waals surface area contributed by atoms with Crippen molar-refractivity contribution in [2.24, 2.45) is 5.16 Å². The van der Waals surface area contributed by atoms with E-state index in [0.717, 1.165) is 43.7 Å². The molecular formula is C12H17N3O. The minimum absolute atomic E-state index is 0.794. The molecule has 1 aliphatic rings. The second-order valence-corrected chi connectivity index (χ2v) is 4.03. The molecule has 1 aromatic heterocycles. The number of fused-ring (bicyclic) bond motifs is 1. The first-order chi connectivity index (χ1) is 7.90. The fourth-order valence-electron chi connectivity index (χ4n) is 1.94. The predicted molar refractivity (Wildman–Crippen MR) is 64.3 cm³/mol. The zero-order valence-electron chi connectivity index (χ0n) is 9.32. The van der Waals surface area contributed by atoms with Crippen molar-refractivity contribution in [1.29, 1.82) is 0 Å². The molecular weight excluding hydrogens is 202 g/mol. The Bertz CT molecular complexity index is 377. The molecule has 2 rings (SSSR count). The highest BCUT2D eigenvalue weighted by atomic mass is 16.4. The topological polar surface area (TPSA) is 57.5 Å². The van der Waals surface area contributed by atoms with Crippen LogP contribution >= 0.6 is 0 Å². The van der Waals surface area contributed by atoms with Gasteiger partial charge in [0, 0.05) is 18.5 Å². The maximum atomic E-state index is 8.27. The number of unbranched alkanes of at least 4 members (excludes halogenated alkanes) is 1. The van der Waals surface area contributed by atoms with Crippen LogP contribution in [0.15, 0.2) is 17.3 Å². The van der Waals surface area contributed by atoms with E-state index in [-0.39, 0.29) is 0 Å². The van der Waals surface area contributed by atoms with E-state index in [2.05, 4.69) is 27.6 Å². The van der Waals surface area contributed by atoms with Gasteiger partial charge in [-0.15, -0.1) is 5.16 Å². The number of oxime groups is 1. The van der Waals surface area contributed by atoms with Crippen LogP contribution in [0.2, 0.25) is 0 Å². The summed E-state index contributed by atoms with van der Waals surface area (Å²) in [6.45, 7) is 1.03. The van der Waals surface area contributed by atoms with Gasteiger partial charge in [0.05, 0.1) is 0 Å². The second-order valence-electron chi connectivity index (χ2n) is 4.03. The minimum Gasteiger partial charge on any atom is -0.411 e. The summed E-state index contributed by atoms with van der Waals surface area (Å²) in [6.07, 6.45) is 6.55. The SMILES string of the molecule is O/N=C/CCCc1ccc2c(n1)NCCC2. The van der Waals surface area contributed by atoms with Crippen molar-refractivity contribution < 1.29 is 5.21 Å². The number of aryl methyl sites for hydroxylation is 2. The summed E-state index contributed by atoms with van der Waals surface area (Å²) in [5, 5.41) is 14.6. The lowest BCUT2D eigenvalue weighted by Crippen LogP contribution is -2.13. The third-order valence-electron chi connectivity index (χ3n) is 2.80. The maximum Gasteiger partial charge on any atom is 0.129 e. The minimum atomic E-state index is 0.794. The summed E-state index contributed by atoms with van der Waals surface area (Å²) < 4.78 is 0. The number of anilines is 1. The highest BCUT2D eigenvalue weighted by Crippen LogP contribution is 2.20. The number of rotatable bonds is 4. The quantitative estimate of drug-likeness (QED) is 0.353. The Morgan fingerprint density at radius 2 is 2.44 bits per heavy atom. The Morgan fingerprint density at radius 1 is 1.50 bits per heavy atom. The normalized spacial score (nSPS) is 14.8. The molecule has 0 aromatic carbocycles. The fourth-order valence-corrected chi connectivity index (χ4v) is 1.94. The standard InChI is InChI=1S/C12H17N3O/c16-14-9-2-1-5-11-7-6-10-4-3-8-13-12(10)15-11/h6-7,9,16H,1-5,8H2,(H,13,15)/b14-9+. The van der Waals surface area contributed by atoms with Crippen molar-refractivity contribution in [2.75, 3.05) is 11.9 Å². The van der Waals surface area contributed by atoms with Crippen molar-refractivity contribution >= 4 is 12.0 Å². The van der Waals surface area contributed by atoms with Crippen LogP contribution in [0, 0.1) is 0 Å². The average molecular weight is 219 g/mol. The van der Waals surface area contributed by atoms with E-state index in [0.29, 0.717) is 0 Å². The Kier molecular flexibility index (Phi) is 3.75. The number of hydrogen-bond acceptors (Lipinski definition) is 4. The zero-order valence-corrected chi connectivity index (χ0v) is 9.32. The lowest BCUT2D eigenvalue weighted by molar-refractivity contribution is 0.320. The molecule has 1 aromatic rings. The van der Waals surface area contributed by atoms with Gasteiger partial charge in [-0.3, -0.25) is 0 Å². The Labute approximate surface area is 95.4 Å². The largest absolute Gasteiger partial charge is 0.411 e. The van der Waals surface area contributed by atoms with Gasteiger partial charge in [-0.1, -0.05) is 6.07 Å². The number of nitrogens with one attached hydrogen (secondary N) is 1. The fraction of sp³-hybridized carbons (Fsp3) is 0.500. The predicted octanol–water partition coefficient (Wildman–Crippen LogP) is 2.22. The van der Waals surface area contributed by atoms with Crippen molar-refractivity contribution in [3.05, 3.63) is 23.4 Å². The van der Waals surface area contributed by atoms with Gasteiger partial charge in [0.2, 0.25) is 0 Å². The molecule has 0 unspecified atom stereocenters. The van der Waals surface area contributed by atoms with E-state index in [1.54, 1.807) is 0 Å². The van der Waals surface area contributed by atoms with E-state index in [4.69, 9.17) is 5.21 Å². The van der Waals surface area contributed by atoms with Crippen LogP contribution in [0.1, 0.15) is 30.5 Å². The smallest absolute Gasteiger partial charge is 0.129 e. The lowest BCUT2D eigenvalue weighted by atomic mass is 10.1. The van der Waals surface area contributed by atoms with Crippen molar-refractivity contribution in [1.82, 2.24) is 4.98 Å². The Balaban J connectivity index is 1.95. The van der Waals surface area contributed by atoms with E-state index in [9.17, 15) is 0 Å². The first-order valence-electron chi connectivity index (χ1n) is 5.79. The molecule has 0 aliphatic carbocycles. The van der Waals surface area contributed by atoms with Crippen LogP contribution in [-0.4, -0.2) is 23.0 Å². The van der Waals surface area contributed by atoms with Gasteiger partial charge in [0.25, 0.3) is 0 Å². The number of hydrogen-bond donors (Lipinski definition) is 2. The maximum absolute atomic E-state index is 8.27. The average Bonchev–Trinajstić information content (AvgIpc) is 2.34. The second kappa shape index (κ2) is 5.49. The summed E-state index contributed by atoms with van der Waals surface area (Å²) in [5.74, 6) is 1.06. The molecule has 0 saturated carbocycles. The van der Waals surface area contributed by atoms with Gasteiger partial charge < -0.3 is 10.5 Å². The lowest BCUT2D eigenvalue weighted by Gasteiger charge is -2.17. The third kappa shape index (κ3) is 2.72. The van der Waals surface area contributed by atoms with Crippen LogP contribution in [0.4, 0.5) is 5.82 Å². The molecule has 2 heterocycles. The summed E-state index contributed by atoms with van der Waals surface area (Å²) in [7, 11) is 0. The summed E-state index contributed by atoms with van der Waals surface area (Å²) in [5.41, 5.74) is 2.44. The third-order valence-corrected chi connectivity index (χ3v) is 2.80. The Morgan fingerprint density at radius 3 is 3.31 bits per heavy atom. The van der Waals surface area contributed by atoms with Crippen LogP contribution < -0.4 is 5.32 Å². The van der Waals surface area contributed by atoms with Crippen LogP contribution in [0.25, 0.3) is 0 Å². The van der Waals surface area contributed by atoms with Crippen LogP contribution in [-0.2, 0) is 12.8 Å². The molecule has 16 heavy (non-hydrogen) atoms. The van der Waals surface area contributed by atoms with Crippen molar-refractivity contribution in [2.45, 2.75) is 32.1 Å². The number of nitrogens with zero attached hydrogens (tertiary/aromatic N) is 2. The summed E-state index contributed by atoms with van der Waals surface area (Å²) >= 11 is 0. The molecule has 0 atom stereocenters. The van der Waals surface area contributed by atoms with E-state index >= 15 is 0 Å². The molecule has 86 valence electrons. The molecule has 4 heteroatoms. The van der Waals surface area contributed by atoms with Crippen molar-refractivity contribution in [3.8, 4) is 0 Å². The van der Waals surface area contributed by atoms with Gasteiger partial charge in [-0.25, -0.2) is 4.98 Å².